The first-order valence-electron chi connectivity index (χ1n) is 4.60. The summed E-state index contributed by atoms with van der Waals surface area (Å²) in [6, 6.07) is 2.89. The van der Waals surface area contributed by atoms with Crippen molar-refractivity contribution in [2.24, 2.45) is 5.73 Å². The van der Waals surface area contributed by atoms with Crippen LogP contribution in [0.15, 0.2) is 18.2 Å². The summed E-state index contributed by atoms with van der Waals surface area (Å²) in [5, 5.41) is 11.3. The van der Waals surface area contributed by atoms with E-state index in [9.17, 15) is 9.18 Å². The molecule has 0 saturated carbocycles. The van der Waals surface area contributed by atoms with Gasteiger partial charge in [0.2, 0.25) is 0 Å². The largest absolute Gasteiger partial charge is 0.494 e. The van der Waals surface area contributed by atoms with Crippen molar-refractivity contribution >= 4 is 11.7 Å². The molecule has 6 heteroatoms. The molecule has 0 fully saturated rings. The molecule has 1 rings (SSSR count). The Hall–Kier alpha value is -1.82. The highest BCUT2D eigenvalue weighted by atomic mass is 19.1. The number of anilines is 1. The molecule has 1 aromatic rings. The predicted octanol–water partition coefficient (Wildman–Crippen LogP) is 0.658. The van der Waals surface area contributed by atoms with E-state index < -0.39 is 17.8 Å². The maximum Gasteiger partial charge on any atom is 0.322 e. The number of ether oxygens (including phenoxy) is 1. The Morgan fingerprint density at radius 1 is 1.69 bits per heavy atom. The van der Waals surface area contributed by atoms with Gasteiger partial charge in [-0.1, -0.05) is 0 Å². The van der Waals surface area contributed by atoms with Crippen molar-refractivity contribution < 1.29 is 19.0 Å². The van der Waals surface area contributed by atoms with Crippen molar-refractivity contribution in [3.05, 3.63) is 24.0 Å². The van der Waals surface area contributed by atoms with E-state index in [1.165, 1.54) is 25.3 Å². The number of carboxylic acids is 1. The Morgan fingerprint density at radius 3 is 2.94 bits per heavy atom. The summed E-state index contributed by atoms with van der Waals surface area (Å²) in [6.07, 6.45) is 0. The van der Waals surface area contributed by atoms with Crippen LogP contribution in [0.4, 0.5) is 10.1 Å². The highest BCUT2D eigenvalue weighted by Gasteiger charge is 2.12. The fourth-order valence-corrected chi connectivity index (χ4v) is 1.12. The minimum atomic E-state index is -1.10. The van der Waals surface area contributed by atoms with E-state index in [2.05, 4.69) is 5.32 Å². The molecule has 1 aromatic carbocycles. The van der Waals surface area contributed by atoms with Gasteiger partial charge in [0.25, 0.3) is 0 Å². The highest BCUT2D eigenvalue weighted by molar-refractivity contribution is 5.74. The molecule has 0 heterocycles. The lowest BCUT2D eigenvalue weighted by Gasteiger charge is -2.12. The van der Waals surface area contributed by atoms with Crippen LogP contribution in [-0.4, -0.2) is 30.8 Å². The van der Waals surface area contributed by atoms with Gasteiger partial charge in [0.05, 0.1) is 12.8 Å². The number of nitrogens with two attached hydrogens (primary N) is 1. The third kappa shape index (κ3) is 3.09. The summed E-state index contributed by atoms with van der Waals surface area (Å²) < 4.78 is 17.8. The van der Waals surface area contributed by atoms with Crippen molar-refractivity contribution in [3.63, 3.8) is 0 Å². The molecule has 0 aliphatic carbocycles. The number of hydrogen-bond donors (Lipinski definition) is 3. The second-order valence-electron chi connectivity index (χ2n) is 3.17. The average Bonchev–Trinajstić information content (AvgIpc) is 2.26. The Morgan fingerprint density at radius 2 is 2.38 bits per heavy atom. The van der Waals surface area contributed by atoms with Gasteiger partial charge in [-0.05, 0) is 12.1 Å². The number of methoxy groups -OCH3 is 1. The second kappa shape index (κ2) is 5.32. The number of halogens is 1. The topological polar surface area (TPSA) is 84.6 Å². The third-order valence-electron chi connectivity index (χ3n) is 1.99. The molecule has 5 nitrogen and oxygen atoms in total. The number of hydrogen-bond acceptors (Lipinski definition) is 4. The van der Waals surface area contributed by atoms with Crippen LogP contribution >= 0.6 is 0 Å². The summed E-state index contributed by atoms with van der Waals surface area (Å²) in [7, 11) is 1.40. The SMILES string of the molecule is COc1cc(F)ccc1NCC(N)C(=O)O. The zero-order valence-electron chi connectivity index (χ0n) is 8.74. The van der Waals surface area contributed by atoms with E-state index in [4.69, 9.17) is 15.6 Å². The quantitative estimate of drug-likeness (QED) is 0.689. The van der Waals surface area contributed by atoms with E-state index in [1.807, 2.05) is 0 Å². The molecule has 0 radical (unpaired) electrons. The zero-order chi connectivity index (χ0) is 12.1. The second-order valence-corrected chi connectivity index (χ2v) is 3.17. The smallest absolute Gasteiger partial charge is 0.322 e. The lowest BCUT2D eigenvalue weighted by molar-refractivity contribution is -0.138. The van der Waals surface area contributed by atoms with Crippen molar-refractivity contribution in [1.29, 1.82) is 0 Å². The van der Waals surface area contributed by atoms with Crippen LogP contribution in [0.25, 0.3) is 0 Å². The molecule has 1 unspecified atom stereocenters. The van der Waals surface area contributed by atoms with Gasteiger partial charge in [0, 0.05) is 12.6 Å². The minimum Gasteiger partial charge on any atom is -0.494 e. The van der Waals surface area contributed by atoms with Gasteiger partial charge in [0.15, 0.2) is 0 Å². The van der Waals surface area contributed by atoms with Crippen molar-refractivity contribution in [2.75, 3.05) is 19.0 Å². The van der Waals surface area contributed by atoms with Gasteiger partial charge in [-0.2, -0.15) is 0 Å². The molecule has 0 spiro atoms. The fourth-order valence-electron chi connectivity index (χ4n) is 1.12. The van der Waals surface area contributed by atoms with Crippen LogP contribution in [0.1, 0.15) is 0 Å². The van der Waals surface area contributed by atoms with Crippen LogP contribution in [0.5, 0.6) is 5.75 Å². The number of nitrogens with one attached hydrogen (secondary N) is 1. The summed E-state index contributed by atoms with van der Waals surface area (Å²) >= 11 is 0. The first-order chi connectivity index (χ1) is 7.54. The summed E-state index contributed by atoms with van der Waals surface area (Å²) in [5.41, 5.74) is 5.81. The monoisotopic (exact) mass is 228 g/mol. The zero-order valence-corrected chi connectivity index (χ0v) is 8.74. The molecular weight excluding hydrogens is 215 g/mol. The van der Waals surface area contributed by atoms with Gasteiger partial charge in [-0.3, -0.25) is 4.79 Å². The Kier molecular flexibility index (Phi) is 4.07. The summed E-state index contributed by atoms with van der Waals surface area (Å²) in [6.45, 7) is 0.0390. The van der Waals surface area contributed by atoms with Crippen molar-refractivity contribution in [1.82, 2.24) is 0 Å². The maximum atomic E-state index is 12.8. The Balaban J connectivity index is 2.70. The van der Waals surface area contributed by atoms with Gasteiger partial charge in [-0.15, -0.1) is 0 Å². The summed E-state index contributed by atoms with van der Waals surface area (Å²) in [4.78, 5) is 10.5. The van der Waals surface area contributed by atoms with Gasteiger partial charge < -0.3 is 20.9 Å². The fraction of sp³-hybridized carbons (Fsp3) is 0.300. The molecule has 0 bridgehead atoms. The lowest BCUT2D eigenvalue weighted by Crippen LogP contribution is -2.36. The molecule has 1 atom stereocenters. The number of benzene rings is 1. The van der Waals surface area contributed by atoms with Crippen molar-refractivity contribution in [3.8, 4) is 5.75 Å². The molecule has 0 aromatic heterocycles. The van der Waals surface area contributed by atoms with E-state index >= 15 is 0 Å². The van der Waals surface area contributed by atoms with Crippen LogP contribution in [0.3, 0.4) is 0 Å². The number of rotatable bonds is 5. The van der Waals surface area contributed by atoms with Crippen LogP contribution in [0, 0.1) is 5.82 Å². The van der Waals surface area contributed by atoms with E-state index in [0.717, 1.165) is 0 Å². The Labute approximate surface area is 92.0 Å². The predicted molar refractivity (Wildman–Crippen MR) is 57.1 cm³/mol. The maximum absolute atomic E-state index is 12.8. The lowest BCUT2D eigenvalue weighted by atomic mass is 10.2. The highest BCUT2D eigenvalue weighted by Crippen LogP contribution is 2.24. The molecule has 88 valence electrons. The molecular formula is C10H13FN2O3. The molecule has 0 aliphatic rings. The minimum absolute atomic E-state index is 0.0390. The molecule has 16 heavy (non-hydrogen) atoms. The number of aliphatic carboxylic acids is 1. The first kappa shape index (κ1) is 12.3. The van der Waals surface area contributed by atoms with E-state index in [1.54, 1.807) is 0 Å². The molecule has 0 saturated heterocycles. The van der Waals surface area contributed by atoms with Crippen LogP contribution in [-0.2, 0) is 4.79 Å². The Bertz CT molecular complexity index is 384. The average molecular weight is 228 g/mol. The third-order valence-corrected chi connectivity index (χ3v) is 1.99. The van der Waals surface area contributed by atoms with Gasteiger partial charge in [0.1, 0.15) is 17.6 Å². The first-order valence-corrected chi connectivity index (χ1v) is 4.60. The molecule has 4 N–H and O–H groups in total. The van der Waals surface area contributed by atoms with Crippen LogP contribution in [0.2, 0.25) is 0 Å². The van der Waals surface area contributed by atoms with Gasteiger partial charge in [-0.25, -0.2) is 4.39 Å². The van der Waals surface area contributed by atoms with Crippen molar-refractivity contribution in [2.45, 2.75) is 6.04 Å². The normalized spacial score (nSPS) is 11.9. The van der Waals surface area contributed by atoms with Crippen LogP contribution < -0.4 is 15.8 Å². The van der Waals surface area contributed by atoms with E-state index in [-0.39, 0.29) is 6.54 Å². The van der Waals surface area contributed by atoms with Gasteiger partial charge >= 0.3 is 5.97 Å². The standard InChI is InChI=1S/C10H13FN2O3/c1-16-9-4-6(11)2-3-8(9)13-5-7(12)10(14)15/h2-4,7,13H,5,12H2,1H3,(H,14,15). The number of carbonyl (C=O) groups is 1. The summed E-state index contributed by atoms with van der Waals surface area (Å²) in [5.74, 6) is -1.23. The van der Waals surface area contributed by atoms with E-state index in [0.29, 0.717) is 11.4 Å². The molecule has 0 amide bonds. The molecule has 0 aliphatic heterocycles. The number of carboxylic acid groups (broad SMARTS) is 1.